The van der Waals surface area contributed by atoms with Crippen LogP contribution in [0.2, 0.25) is 0 Å². The van der Waals surface area contributed by atoms with E-state index in [0.717, 1.165) is 12.1 Å². The fourth-order valence-electron chi connectivity index (χ4n) is 0.901. The molecule has 0 bridgehead atoms. The molecule has 1 atom stereocenters. The summed E-state index contributed by atoms with van der Waals surface area (Å²) in [4.78, 5) is 16.8. The van der Waals surface area contributed by atoms with E-state index in [1.807, 2.05) is 6.92 Å². The van der Waals surface area contributed by atoms with Crippen LogP contribution in [0.1, 0.15) is 12.6 Å². The van der Waals surface area contributed by atoms with Gasteiger partial charge in [0.15, 0.2) is 0 Å². The number of rotatable bonds is 4. The standard InChI is InChI=1S/C7H11N3O/c1-6(10-5-11)2-7-3-8-4-9-7/h3-6H,2H2,1H3,(H,8,9)(H,10,11)/t6-/m1/s1. The molecule has 0 radical (unpaired) electrons. The maximum atomic E-state index is 10.0. The quantitative estimate of drug-likeness (QED) is 0.602. The summed E-state index contributed by atoms with van der Waals surface area (Å²) >= 11 is 0. The van der Waals surface area contributed by atoms with E-state index < -0.39 is 0 Å². The van der Waals surface area contributed by atoms with Crippen LogP contribution in [-0.4, -0.2) is 22.4 Å². The van der Waals surface area contributed by atoms with E-state index in [1.165, 1.54) is 0 Å². The number of aromatic amines is 1. The van der Waals surface area contributed by atoms with E-state index in [1.54, 1.807) is 12.5 Å². The minimum absolute atomic E-state index is 0.160. The van der Waals surface area contributed by atoms with Crippen LogP contribution in [0.3, 0.4) is 0 Å². The van der Waals surface area contributed by atoms with Gasteiger partial charge < -0.3 is 10.3 Å². The van der Waals surface area contributed by atoms with Gasteiger partial charge >= 0.3 is 0 Å². The number of imidazole rings is 1. The lowest BCUT2D eigenvalue weighted by Gasteiger charge is -2.06. The van der Waals surface area contributed by atoms with Crippen LogP contribution in [0.5, 0.6) is 0 Å². The molecule has 0 saturated carbocycles. The molecule has 1 rings (SSSR count). The number of H-pyrrole nitrogens is 1. The molecule has 0 aliphatic rings. The first kappa shape index (κ1) is 7.78. The highest BCUT2D eigenvalue weighted by atomic mass is 16.1. The van der Waals surface area contributed by atoms with Crippen molar-refractivity contribution >= 4 is 6.41 Å². The number of nitrogens with zero attached hydrogens (tertiary/aromatic N) is 1. The molecule has 11 heavy (non-hydrogen) atoms. The third-order valence-electron chi connectivity index (χ3n) is 1.43. The van der Waals surface area contributed by atoms with Gasteiger partial charge in [-0.15, -0.1) is 0 Å². The van der Waals surface area contributed by atoms with Gasteiger partial charge in [0.05, 0.1) is 6.33 Å². The van der Waals surface area contributed by atoms with Gasteiger partial charge in [-0.05, 0) is 6.92 Å². The molecular weight excluding hydrogens is 142 g/mol. The first-order valence-electron chi connectivity index (χ1n) is 3.50. The number of carbonyl (C=O) groups excluding carboxylic acids is 1. The second-order valence-corrected chi connectivity index (χ2v) is 2.47. The molecule has 0 aliphatic heterocycles. The minimum Gasteiger partial charge on any atom is -0.356 e. The smallest absolute Gasteiger partial charge is 0.207 e. The summed E-state index contributed by atoms with van der Waals surface area (Å²) in [6.45, 7) is 1.94. The van der Waals surface area contributed by atoms with Crippen molar-refractivity contribution < 1.29 is 4.79 Å². The summed E-state index contributed by atoms with van der Waals surface area (Å²) in [5.74, 6) is 0. The van der Waals surface area contributed by atoms with Gasteiger partial charge in [-0.2, -0.15) is 0 Å². The lowest BCUT2D eigenvalue weighted by atomic mass is 10.2. The molecular formula is C7H11N3O. The van der Waals surface area contributed by atoms with Crippen LogP contribution >= 0.6 is 0 Å². The number of carbonyl (C=O) groups is 1. The van der Waals surface area contributed by atoms with Crippen LogP contribution < -0.4 is 5.32 Å². The number of hydrogen-bond donors (Lipinski definition) is 2. The van der Waals surface area contributed by atoms with E-state index in [4.69, 9.17) is 0 Å². The van der Waals surface area contributed by atoms with Crippen molar-refractivity contribution in [1.82, 2.24) is 15.3 Å². The average molecular weight is 153 g/mol. The predicted molar refractivity (Wildman–Crippen MR) is 41.0 cm³/mol. The van der Waals surface area contributed by atoms with Crippen molar-refractivity contribution in [2.45, 2.75) is 19.4 Å². The predicted octanol–water partition coefficient (Wildman–Crippen LogP) is 0.0867. The molecule has 1 aromatic heterocycles. The van der Waals surface area contributed by atoms with E-state index >= 15 is 0 Å². The Morgan fingerprint density at radius 1 is 1.91 bits per heavy atom. The first-order chi connectivity index (χ1) is 5.33. The van der Waals surface area contributed by atoms with Gasteiger partial charge in [0, 0.05) is 24.4 Å². The van der Waals surface area contributed by atoms with Gasteiger partial charge in [-0.1, -0.05) is 0 Å². The molecule has 0 aromatic carbocycles. The molecule has 0 saturated heterocycles. The molecule has 0 unspecified atom stereocenters. The van der Waals surface area contributed by atoms with E-state index in [2.05, 4.69) is 15.3 Å². The number of hydrogen-bond acceptors (Lipinski definition) is 2. The zero-order chi connectivity index (χ0) is 8.10. The van der Waals surface area contributed by atoms with Crippen LogP contribution in [-0.2, 0) is 11.2 Å². The topological polar surface area (TPSA) is 57.8 Å². The molecule has 4 heteroatoms. The van der Waals surface area contributed by atoms with Crippen molar-refractivity contribution in [3.63, 3.8) is 0 Å². The third-order valence-corrected chi connectivity index (χ3v) is 1.43. The normalized spacial score (nSPS) is 12.5. The summed E-state index contributed by atoms with van der Waals surface area (Å²) < 4.78 is 0. The Bertz CT molecular complexity index is 207. The van der Waals surface area contributed by atoms with Crippen molar-refractivity contribution in [2.24, 2.45) is 0 Å². The van der Waals surface area contributed by atoms with Gasteiger partial charge in [0.2, 0.25) is 6.41 Å². The first-order valence-corrected chi connectivity index (χ1v) is 3.50. The second-order valence-electron chi connectivity index (χ2n) is 2.47. The van der Waals surface area contributed by atoms with Crippen molar-refractivity contribution in [3.05, 3.63) is 18.2 Å². The van der Waals surface area contributed by atoms with Crippen LogP contribution in [0.15, 0.2) is 12.5 Å². The Hall–Kier alpha value is -1.32. The van der Waals surface area contributed by atoms with E-state index in [9.17, 15) is 4.79 Å². The van der Waals surface area contributed by atoms with E-state index in [0.29, 0.717) is 6.41 Å². The highest BCUT2D eigenvalue weighted by molar-refractivity contribution is 5.46. The maximum absolute atomic E-state index is 10.0. The molecule has 2 N–H and O–H groups in total. The number of amides is 1. The van der Waals surface area contributed by atoms with Crippen molar-refractivity contribution in [2.75, 3.05) is 0 Å². The zero-order valence-corrected chi connectivity index (χ0v) is 6.37. The van der Waals surface area contributed by atoms with Crippen LogP contribution in [0.25, 0.3) is 0 Å². The highest BCUT2D eigenvalue weighted by Gasteiger charge is 2.01. The summed E-state index contributed by atoms with van der Waals surface area (Å²) in [6, 6.07) is 0.160. The molecule has 0 spiro atoms. The number of nitrogens with one attached hydrogen (secondary N) is 2. The minimum atomic E-state index is 0.160. The second kappa shape index (κ2) is 3.75. The summed E-state index contributed by atoms with van der Waals surface area (Å²) in [5, 5.41) is 2.66. The van der Waals surface area contributed by atoms with Gasteiger partial charge in [0.25, 0.3) is 0 Å². The SMILES string of the molecule is C[C@H](Cc1cnc[nH]1)NC=O. The lowest BCUT2D eigenvalue weighted by molar-refractivity contribution is -0.110. The maximum Gasteiger partial charge on any atom is 0.207 e. The molecule has 0 aliphatic carbocycles. The van der Waals surface area contributed by atoms with Gasteiger partial charge in [-0.3, -0.25) is 4.79 Å². The molecule has 1 amide bonds. The highest BCUT2D eigenvalue weighted by Crippen LogP contribution is 1.95. The number of aromatic nitrogens is 2. The average Bonchev–Trinajstić information content (AvgIpc) is 2.40. The van der Waals surface area contributed by atoms with Gasteiger partial charge in [-0.25, -0.2) is 4.98 Å². The Balaban J connectivity index is 2.37. The van der Waals surface area contributed by atoms with Gasteiger partial charge in [0.1, 0.15) is 0 Å². The third kappa shape index (κ3) is 2.41. The lowest BCUT2D eigenvalue weighted by Crippen LogP contribution is -2.26. The fourth-order valence-corrected chi connectivity index (χ4v) is 0.901. The Morgan fingerprint density at radius 3 is 3.27 bits per heavy atom. The monoisotopic (exact) mass is 153 g/mol. The van der Waals surface area contributed by atoms with Crippen LogP contribution in [0, 0.1) is 0 Å². The largest absolute Gasteiger partial charge is 0.356 e. The molecule has 1 aromatic rings. The van der Waals surface area contributed by atoms with Crippen LogP contribution in [0.4, 0.5) is 0 Å². The summed E-state index contributed by atoms with van der Waals surface area (Å²) in [7, 11) is 0. The Labute approximate surface area is 65.0 Å². The zero-order valence-electron chi connectivity index (χ0n) is 6.37. The van der Waals surface area contributed by atoms with Crippen molar-refractivity contribution in [3.8, 4) is 0 Å². The molecule has 0 fully saturated rings. The molecule has 60 valence electrons. The summed E-state index contributed by atoms with van der Waals surface area (Å²) in [5.41, 5.74) is 1.03. The molecule has 1 heterocycles. The van der Waals surface area contributed by atoms with E-state index in [-0.39, 0.29) is 6.04 Å². The Kier molecular flexibility index (Phi) is 2.66. The Morgan fingerprint density at radius 2 is 2.73 bits per heavy atom. The summed E-state index contributed by atoms with van der Waals surface area (Å²) in [6.07, 6.45) is 4.88. The molecule has 4 nitrogen and oxygen atoms in total. The van der Waals surface area contributed by atoms with Crippen molar-refractivity contribution in [1.29, 1.82) is 0 Å². The fraction of sp³-hybridized carbons (Fsp3) is 0.429.